The van der Waals surface area contributed by atoms with E-state index in [4.69, 9.17) is 4.74 Å². The second-order valence-electron chi connectivity index (χ2n) is 10.0. The number of hydrogen-bond donors (Lipinski definition) is 3. The Kier molecular flexibility index (Phi) is 8.16. The Morgan fingerprint density at radius 1 is 1.19 bits per heavy atom. The molecule has 2 aromatic rings. The highest BCUT2D eigenvalue weighted by atomic mass is 32.2. The summed E-state index contributed by atoms with van der Waals surface area (Å²) in [6.07, 6.45) is 2.45. The van der Waals surface area contributed by atoms with Crippen molar-refractivity contribution in [1.29, 1.82) is 0 Å². The van der Waals surface area contributed by atoms with Crippen LogP contribution in [0.3, 0.4) is 0 Å². The molecule has 2 fully saturated rings. The van der Waals surface area contributed by atoms with E-state index in [1.54, 1.807) is 48.1 Å². The molecule has 0 bridgehead atoms. The number of rotatable bonds is 9. The van der Waals surface area contributed by atoms with Gasteiger partial charge in [-0.25, -0.2) is 18.5 Å². The number of aromatic nitrogens is 1. The van der Waals surface area contributed by atoms with E-state index in [-0.39, 0.29) is 43.6 Å². The summed E-state index contributed by atoms with van der Waals surface area (Å²) >= 11 is 1.39. The molecule has 3 N–H and O–H groups in total. The molecule has 1 aromatic carbocycles. The Morgan fingerprint density at radius 2 is 1.93 bits per heavy atom. The first kappa shape index (κ1) is 29.0. The number of carbonyl (C=O) groups is 5. The second kappa shape index (κ2) is 11.8. The maximum atomic E-state index is 15.2. The van der Waals surface area contributed by atoms with Gasteiger partial charge in [0.2, 0.25) is 11.8 Å². The zero-order chi connectivity index (χ0) is 30.1. The Morgan fingerprint density at radius 3 is 2.57 bits per heavy atom. The van der Waals surface area contributed by atoms with Gasteiger partial charge in [0.1, 0.15) is 29.0 Å². The van der Waals surface area contributed by atoms with Crippen LogP contribution < -0.4 is 20.1 Å². The second-order valence-corrected chi connectivity index (χ2v) is 11.1. The highest BCUT2D eigenvalue weighted by molar-refractivity contribution is 8.00. The van der Waals surface area contributed by atoms with Crippen LogP contribution in [0, 0.1) is 5.82 Å². The van der Waals surface area contributed by atoms with E-state index in [1.165, 1.54) is 34.6 Å². The molecule has 4 amide bonds. The number of cyclic esters (lactones) is 1. The zero-order valence-electron chi connectivity index (χ0n) is 22.8. The van der Waals surface area contributed by atoms with Gasteiger partial charge in [-0.2, -0.15) is 0 Å². The Labute approximate surface area is 244 Å². The summed E-state index contributed by atoms with van der Waals surface area (Å²) in [6, 6.07) is 7.06. The normalized spacial score (nSPS) is 21.5. The fraction of sp³-hybridized carbons (Fsp3) is 0.357. The van der Waals surface area contributed by atoms with E-state index < -0.39 is 41.3 Å². The molecular weight excluding hydrogens is 569 g/mol. The molecule has 0 spiro atoms. The minimum Gasteiger partial charge on any atom is -0.477 e. The van der Waals surface area contributed by atoms with Gasteiger partial charge in [0, 0.05) is 42.4 Å². The van der Waals surface area contributed by atoms with Gasteiger partial charge in [-0.15, -0.1) is 11.8 Å². The number of thioether (sulfide) groups is 1. The topological polar surface area (TPSA) is 149 Å². The molecule has 3 atom stereocenters. The maximum Gasteiger partial charge on any atom is 0.414 e. The van der Waals surface area contributed by atoms with Crippen LogP contribution in [0.25, 0.3) is 11.1 Å². The minimum atomic E-state index is -1.22. The molecule has 1 aromatic heterocycles. The van der Waals surface area contributed by atoms with Crippen molar-refractivity contribution in [3.8, 4) is 11.1 Å². The predicted molar refractivity (Wildman–Crippen MR) is 148 cm³/mol. The third-order valence-electron chi connectivity index (χ3n) is 7.18. The molecule has 12 nitrogen and oxygen atoms in total. The van der Waals surface area contributed by atoms with Gasteiger partial charge in [0.25, 0.3) is 5.91 Å². The van der Waals surface area contributed by atoms with E-state index in [9.17, 15) is 29.1 Å². The van der Waals surface area contributed by atoms with Gasteiger partial charge in [0.05, 0.1) is 18.8 Å². The molecule has 14 heteroatoms. The number of benzene rings is 1. The maximum absolute atomic E-state index is 15.2. The van der Waals surface area contributed by atoms with Gasteiger partial charge < -0.3 is 20.5 Å². The van der Waals surface area contributed by atoms with Gasteiger partial charge in [0.15, 0.2) is 18.9 Å². The first-order chi connectivity index (χ1) is 20.1. The first-order valence-electron chi connectivity index (χ1n) is 13.3. The SMILES string of the molecule is CCC(=O)N[C@@H]1C(=O)N2C(C(=O)O)=C(C[n+]3ccc(-c4ccc(N5C[C@H](CNC(C)=O)OC5=O)cc4F)cc3)CSC12. The van der Waals surface area contributed by atoms with Crippen molar-refractivity contribution in [3.63, 3.8) is 0 Å². The number of β-lactam (4-membered cyclic amide) rings is 1. The van der Waals surface area contributed by atoms with Crippen LogP contribution >= 0.6 is 11.8 Å². The molecule has 0 saturated carbocycles. The third-order valence-corrected chi connectivity index (χ3v) is 8.52. The highest BCUT2D eigenvalue weighted by Gasteiger charge is 2.54. The number of carboxylic acids is 1. The number of ether oxygens (including phenoxy) is 1. The molecule has 3 aliphatic rings. The van der Waals surface area contributed by atoms with E-state index >= 15 is 4.39 Å². The fourth-order valence-corrected chi connectivity index (χ4v) is 6.38. The summed E-state index contributed by atoms with van der Waals surface area (Å²) in [5.74, 6) is -2.36. The van der Waals surface area contributed by atoms with Crippen molar-refractivity contribution in [1.82, 2.24) is 15.5 Å². The van der Waals surface area contributed by atoms with E-state index in [1.807, 2.05) is 0 Å². The number of nitrogens with one attached hydrogen (secondary N) is 2. The quantitative estimate of drug-likeness (QED) is 0.290. The lowest BCUT2D eigenvalue weighted by atomic mass is 10.0. The summed E-state index contributed by atoms with van der Waals surface area (Å²) < 4.78 is 22.1. The van der Waals surface area contributed by atoms with Crippen LogP contribution in [0.2, 0.25) is 0 Å². The number of carboxylic acid groups (broad SMARTS) is 1. The monoisotopic (exact) mass is 598 g/mol. The lowest BCUT2D eigenvalue weighted by Gasteiger charge is -2.49. The molecule has 1 unspecified atom stereocenters. The molecular formula is C28H29FN5O7S+. The van der Waals surface area contributed by atoms with Gasteiger partial charge in [-0.1, -0.05) is 6.92 Å². The van der Waals surface area contributed by atoms with Gasteiger partial charge in [-0.3, -0.25) is 24.2 Å². The van der Waals surface area contributed by atoms with Crippen molar-refractivity contribution in [2.75, 3.05) is 23.7 Å². The summed E-state index contributed by atoms with van der Waals surface area (Å²) in [6.45, 7) is 3.58. The number of anilines is 1. The van der Waals surface area contributed by atoms with Crippen LogP contribution in [0.4, 0.5) is 14.9 Å². The average molecular weight is 599 g/mol. The van der Waals surface area contributed by atoms with Crippen LogP contribution in [0.1, 0.15) is 20.3 Å². The lowest BCUT2D eigenvalue weighted by molar-refractivity contribution is -0.689. The zero-order valence-corrected chi connectivity index (χ0v) is 23.7. The molecule has 0 radical (unpaired) electrons. The fourth-order valence-electron chi connectivity index (χ4n) is 5.05. The van der Waals surface area contributed by atoms with Crippen LogP contribution in [0.15, 0.2) is 54.0 Å². The van der Waals surface area contributed by atoms with E-state index in [0.717, 1.165) is 0 Å². The predicted octanol–water partition coefficient (Wildman–Crippen LogP) is 1.39. The van der Waals surface area contributed by atoms with Crippen molar-refractivity contribution < 1.29 is 42.8 Å². The molecule has 3 aliphatic heterocycles. The smallest absolute Gasteiger partial charge is 0.414 e. The Hall–Kier alpha value is -4.46. The standard InChI is InChI=1S/C28H28FN5O7S/c1-3-22(36)31-23-25(37)34-24(27(38)39)17(14-42-26(23)34)12-32-8-6-16(7-9-32)20-5-4-18(10-21(20)29)33-13-19(41-28(33)40)11-30-15(2)35/h4-10,19,23,26H,3,11-14H2,1-2H3,(H2-,30,31,35,36,38,39)/p+1/t19-,23+,26?/m0/s1. The van der Waals surface area contributed by atoms with E-state index in [0.29, 0.717) is 28.1 Å². The number of nitrogens with zero attached hydrogens (tertiary/aromatic N) is 3. The summed E-state index contributed by atoms with van der Waals surface area (Å²) in [5.41, 5.74) is 1.67. The molecule has 4 heterocycles. The number of pyridine rings is 1. The van der Waals surface area contributed by atoms with Crippen LogP contribution in [-0.4, -0.2) is 76.2 Å². The largest absolute Gasteiger partial charge is 0.477 e. The molecule has 2 saturated heterocycles. The van der Waals surface area contributed by atoms with Crippen molar-refractivity contribution in [2.24, 2.45) is 0 Å². The lowest BCUT2D eigenvalue weighted by Crippen LogP contribution is -2.70. The molecule has 0 aliphatic carbocycles. The number of amides is 4. The third kappa shape index (κ3) is 5.66. The number of aliphatic carboxylic acids is 1. The van der Waals surface area contributed by atoms with Crippen molar-refractivity contribution >= 4 is 47.2 Å². The Bertz CT molecular complexity index is 1500. The molecule has 42 heavy (non-hydrogen) atoms. The first-order valence-corrected chi connectivity index (χ1v) is 14.3. The van der Waals surface area contributed by atoms with Crippen molar-refractivity contribution in [3.05, 3.63) is 59.8 Å². The van der Waals surface area contributed by atoms with E-state index in [2.05, 4.69) is 10.6 Å². The van der Waals surface area contributed by atoms with Gasteiger partial charge >= 0.3 is 12.1 Å². The average Bonchev–Trinajstić information content (AvgIpc) is 3.35. The summed E-state index contributed by atoms with van der Waals surface area (Å²) in [7, 11) is 0. The number of halogens is 1. The number of fused-ring (bicyclic) bond motifs is 1. The highest BCUT2D eigenvalue weighted by Crippen LogP contribution is 2.40. The minimum absolute atomic E-state index is 0.0799. The number of carbonyl (C=O) groups excluding carboxylic acids is 4. The molecule has 5 rings (SSSR count). The Balaban J connectivity index is 1.28. The molecule has 220 valence electrons. The van der Waals surface area contributed by atoms with Crippen LogP contribution in [0.5, 0.6) is 0 Å². The van der Waals surface area contributed by atoms with Gasteiger partial charge in [-0.05, 0) is 23.8 Å². The van der Waals surface area contributed by atoms with Crippen LogP contribution in [-0.2, 0) is 30.5 Å². The van der Waals surface area contributed by atoms with Crippen molar-refractivity contribution in [2.45, 2.75) is 44.3 Å². The number of hydrogen-bond acceptors (Lipinski definition) is 7. The summed E-state index contributed by atoms with van der Waals surface area (Å²) in [4.78, 5) is 62.5. The summed E-state index contributed by atoms with van der Waals surface area (Å²) in [5, 5.41) is 14.7.